The fourth-order valence-corrected chi connectivity index (χ4v) is 4.73. The van der Waals surface area contributed by atoms with E-state index in [1.54, 1.807) is 0 Å². The van der Waals surface area contributed by atoms with E-state index in [-0.39, 0.29) is 50.7 Å². The Balaban J connectivity index is 2.09. The maximum absolute atomic E-state index is 14.8. The number of thioether (sulfide) groups is 1. The molecular weight excluding hydrogens is 556 g/mol. The Bertz CT molecular complexity index is 1470. The largest absolute Gasteiger partial charge is 0.461 e. The van der Waals surface area contributed by atoms with E-state index in [4.69, 9.17) is 16.3 Å². The van der Waals surface area contributed by atoms with E-state index in [0.717, 1.165) is 30.9 Å². The Hall–Kier alpha value is -3.65. The summed E-state index contributed by atoms with van der Waals surface area (Å²) in [4.78, 5) is 55.4. The molecule has 0 N–H and O–H groups in total. The van der Waals surface area contributed by atoms with Gasteiger partial charge in [-0.15, -0.1) is 6.58 Å². The first-order valence-electron chi connectivity index (χ1n) is 10.6. The van der Waals surface area contributed by atoms with Crippen LogP contribution in [0.15, 0.2) is 58.1 Å². The van der Waals surface area contributed by atoms with Gasteiger partial charge in [0, 0.05) is 19.7 Å². The van der Waals surface area contributed by atoms with E-state index in [1.165, 1.54) is 17.1 Å². The third-order valence-electron chi connectivity index (χ3n) is 5.13. The topological polar surface area (TPSA) is 103 Å². The molecule has 0 spiro atoms. The standard InChI is InChI=1S/C23H19ClF4N4O5S/c1-4-6-31-20(35)16(10-19(34)37-7-5-2)38-21(31)29-14-9-15(13(25)8-12(14)24)32-18(33)11-17(23(26,27)28)30(3)22(32)36/h4-5,8-9,11,16H,1-2,6-7,10H2,3H3. The van der Waals surface area contributed by atoms with Crippen LogP contribution in [0.3, 0.4) is 0 Å². The molecule has 38 heavy (non-hydrogen) atoms. The van der Waals surface area contributed by atoms with Crippen LogP contribution >= 0.6 is 23.4 Å². The highest BCUT2D eigenvalue weighted by atomic mass is 35.5. The summed E-state index contributed by atoms with van der Waals surface area (Å²) in [6.45, 7) is 6.95. The van der Waals surface area contributed by atoms with Gasteiger partial charge in [-0.3, -0.25) is 23.9 Å². The molecule has 1 aromatic carbocycles. The van der Waals surface area contributed by atoms with Gasteiger partial charge < -0.3 is 4.74 Å². The molecule has 2 aromatic rings. The van der Waals surface area contributed by atoms with Gasteiger partial charge in [-0.05, 0) is 12.1 Å². The number of hydrogen-bond donors (Lipinski definition) is 0. The number of esters is 1. The van der Waals surface area contributed by atoms with Gasteiger partial charge in [0.05, 0.1) is 22.8 Å². The van der Waals surface area contributed by atoms with Crippen molar-refractivity contribution in [2.24, 2.45) is 12.0 Å². The molecule has 1 aromatic heterocycles. The molecule has 1 atom stereocenters. The number of alkyl halides is 3. The molecule has 15 heteroatoms. The van der Waals surface area contributed by atoms with Crippen molar-refractivity contribution in [2.75, 3.05) is 13.2 Å². The Kier molecular flexibility index (Phi) is 8.67. The van der Waals surface area contributed by atoms with Crippen LogP contribution in [-0.4, -0.2) is 49.5 Å². The zero-order valence-corrected chi connectivity index (χ0v) is 21.2. The lowest BCUT2D eigenvalue weighted by molar-refractivity contribution is -0.144. The molecule has 1 amide bonds. The summed E-state index contributed by atoms with van der Waals surface area (Å²) < 4.78 is 59.6. The summed E-state index contributed by atoms with van der Waals surface area (Å²) in [7, 11) is 0.782. The van der Waals surface area contributed by atoms with Crippen LogP contribution < -0.4 is 11.2 Å². The van der Waals surface area contributed by atoms with E-state index < -0.39 is 51.8 Å². The molecule has 0 aliphatic carbocycles. The van der Waals surface area contributed by atoms with Gasteiger partial charge >= 0.3 is 17.8 Å². The van der Waals surface area contributed by atoms with Crippen molar-refractivity contribution in [1.82, 2.24) is 14.0 Å². The van der Waals surface area contributed by atoms with E-state index in [9.17, 15) is 36.7 Å². The molecule has 1 aliphatic heterocycles. The molecule has 1 aliphatic rings. The maximum atomic E-state index is 14.8. The molecule has 3 rings (SSSR count). The van der Waals surface area contributed by atoms with Crippen molar-refractivity contribution >= 4 is 46.1 Å². The molecule has 1 unspecified atom stereocenters. The SMILES string of the molecule is C=CCOC(=O)CC1SC(=Nc2cc(-n3c(=O)cc(C(F)(F)F)n(C)c3=O)c(F)cc2Cl)N(CC=C)C1=O. The number of carbonyl (C=O) groups excluding carboxylic acids is 2. The average molecular weight is 575 g/mol. The van der Waals surface area contributed by atoms with Crippen molar-refractivity contribution in [3.05, 3.63) is 80.9 Å². The number of carbonyl (C=O) groups is 2. The normalized spacial score (nSPS) is 16.7. The van der Waals surface area contributed by atoms with Crippen molar-refractivity contribution in [1.29, 1.82) is 0 Å². The zero-order valence-electron chi connectivity index (χ0n) is 19.6. The number of rotatable bonds is 8. The van der Waals surface area contributed by atoms with Gasteiger partial charge in [0.15, 0.2) is 5.17 Å². The van der Waals surface area contributed by atoms with Crippen LogP contribution in [0.5, 0.6) is 0 Å². The zero-order chi connectivity index (χ0) is 28.4. The lowest BCUT2D eigenvalue weighted by atomic mass is 10.2. The number of aromatic nitrogens is 2. The average Bonchev–Trinajstić information content (AvgIpc) is 3.11. The summed E-state index contributed by atoms with van der Waals surface area (Å²) in [5.74, 6) is -2.33. The molecule has 1 saturated heterocycles. The second kappa shape index (κ2) is 11.4. The molecule has 0 bridgehead atoms. The van der Waals surface area contributed by atoms with E-state index in [2.05, 4.69) is 18.2 Å². The molecule has 9 nitrogen and oxygen atoms in total. The highest BCUT2D eigenvalue weighted by Gasteiger charge is 2.39. The van der Waals surface area contributed by atoms with Crippen LogP contribution in [0.1, 0.15) is 12.1 Å². The highest BCUT2D eigenvalue weighted by Crippen LogP contribution is 2.35. The van der Waals surface area contributed by atoms with Crippen molar-refractivity contribution in [2.45, 2.75) is 17.8 Å². The van der Waals surface area contributed by atoms with Gasteiger partial charge in [0.2, 0.25) is 5.91 Å². The fraction of sp³-hybridized carbons (Fsp3) is 0.261. The maximum Gasteiger partial charge on any atom is 0.431 e. The molecule has 1 fully saturated rings. The molecule has 0 radical (unpaired) electrons. The molecule has 0 saturated carbocycles. The lowest BCUT2D eigenvalue weighted by Gasteiger charge is -2.16. The number of ether oxygens (including phenoxy) is 1. The number of amidine groups is 1. The van der Waals surface area contributed by atoms with Crippen molar-refractivity contribution < 1.29 is 31.9 Å². The van der Waals surface area contributed by atoms with Gasteiger partial charge in [0.25, 0.3) is 5.56 Å². The summed E-state index contributed by atoms with van der Waals surface area (Å²) in [6, 6.07) is 1.78. The minimum Gasteiger partial charge on any atom is -0.461 e. The second-order valence-electron chi connectivity index (χ2n) is 7.71. The van der Waals surface area contributed by atoms with Crippen LogP contribution in [0.2, 0.25) is 5.02 Å². The second-order valence-corrected chi connectivity index (χ2v) is 9.29. The van der Waals surface area contributed by atoms with Crippen molar-refractivity contribution in [3.63, 3.8) is 0 Å². The monoisotopic (exact) mass is 574 g/mol. The van der Waals surface area contributed by atoms with Crippen LogP contribution in [-0.2, 0) is 27.5 Å². The summed E-state index contributed by atoms with van der Waals surface area (Å²) in [6.07, 6.45) is -2.53. The summed E-state index contributed by atoms with van der Waals surface area (Å²) in [5, 5.41) is -1.14. The highest BCUT2D eigenvalue weighted by molar-refractivity contribution is 8.15. The van der Waals surface area contributed by atoms with Gasteiger partial charge in [-0.25, -0.2) is 18.7 Å². The Morgan fingerprint density at radius 1 is 1.21 bits per heavy atom. The fourth-order valence-electron chi connectivity index (χ4n) is 3.39. The predicted molar refractivity (Wildman–Crippen MR) is 133 cm³/mol. The quantitative estimate of drug-likeness (QED) is 0.271. The molecule has 202 valence electrons. The van der Waals surface area contributed by atoms with Gasteiger partial charge in [0.1, 0.15) is 23.4 Å². The predicted octanol–water partition coefficient (Wildman–Crippen LogP) is 3.58. The first kappa shape index (κ1) is 28.9. The van der Waals surface area contributed by atoms with Crippen LogP contribution in [0.4, 0.5) is 23.2 Å². The number of amides is 1. The van der Waals surface area contributed by atoms with E-state index in [1.807, 2.05) is 0 Å². The number of aliphatic imine (C=N–C) groups is 1. The summed E-state index contributed by atoms with van der Waals surface area (Å²) in [5.41, 5.74) is -5.31. The van der Waals surface area contributed by atoms with Crippen LogP contribution in [0.25, 0.3) is 5.69 Å². The van der Waals surface area contributed by atoms with Gasteiger partial charge in [-0.2, -0.15) is 13.2 Å². The minimum atomic E-state index is -5.00. The van der Waals surface area contributed by atoms with Crippen LogP contribution in [0, 0.1) is 5.82 Å². The Morgan fingerprint density at radius 2 is 1.89 bits per heavy atom. The van der Waals surface area contributed by atoms with E-state index in [0.29, 0.717) is 0 Å². The molecule has 2 heterocycles. The first-order valence-corrected chi connectivity index (χ1v) is 11.9. The van der Waals surface area contributed by atoms with Crippen molar-refractivity contribution in [3.8, 4) is 5.69 Å². The first-order chi connectivity index (χ1) is 17.8. The lowest BCUT2D eigenvalue weighted by Crippen LogP contribution is -2.41. The molecular formula is C23H19ClF4N4O5S. The number of hydrogen-bond acceptors (Lipinski definition) is 7. The Labute approximate surface area is 221 Å². The third-order valence-corrected chi connectivity index (χ3v) is 6.61. The number of halogens is 5. The van der Waals surface area contributed by atoms with E-state index >= 15 is 0 Å². The third kappa shape index (κ3) is 5.91. The smallest absolute Gasteiger partial charge is 0.431 e. The summed E-state index contributed by atoms with van der Waals surface area (Å²) >= 11 is 7.01. The number of nitrogens with zero attached hydrogens (tertiary/aromatic N) is 4. The Morgan fingerprint density at radius 3 is 2.50 bits per heavy atom. The van der Waals surface area contributed by atoms with Gasteiger partial charge in [-0.1, -0.05) is 42.1 Å². The minimum absolute atomic E-state index is 0.00650. The number of benzene rings is 1.